The van der Waals surface area contributed by atoms with Crippen molar-refractivity contribution in [3.63, 3.8) is 0 Å². The number of fused-ring (bicyclic) bond motifs is 4. The van der Waals surface area contributed by atoms with Gasteiger partial charge in [-0.1, -0.05) is 35.9 Å². The molecule has 0 aliphatic heterocycles. The van der Waals surface area contributed by atoms with E-state index in [1.54, 1.807) is 16.5 Å². The van der Waals surface area contributed by atoms with Crippen LogP contribution in [0.2, 0.25) is 5.02 Å². The summed E-state index contributed by atoms with van der Waals surface area (Å²) in [7, 11) is 0. The van der Waals surface area contributed by atoms with E-state index in [2.05, 4.69) is 0 Å². The first-order valence-electron chi connectivity index (χ1n) is 7.40. The average Bonchev–Trinajstić information content (AvgIpc) is 2.93. The zero-order chi connectivity index (χ0) is 15.7. The van der Waals surface area contributed by atoms with Gasteiger partial charge in [0, 0.05) is 26.6 Å². The summed E-state index contributed by atoms with van der Waals surface area (Å²) in [6, 6.07) is 15.5. The molecule has 110 valence electrons. The van der Waals surface area contributed by atoms with Crippen LogP contribution in [0.4, 0.5) is 0 Å². The van der Waals surface area contributed by atoms with Gasteiger partial charge in [-0.15, -0.1) is 0 Å². The number of pyridine rings is 1. The minimum Gasteiger partial charge on any atom is -0.268 e. The van der Waals surface area contributed by atoms with Crippen LogP contribution in [-0.2, 0) is 0 Å². The maximum Gasteiger partial charge on any atom is 0.264 e. The van der Waals surface area contributed by atoms with E-state index >= 15 is 0 Å². The number of aromatic nitrogens is 2. The highest BCUT2D eigenvalue weighted by molar-refractivity contribution is 6.37. The van der Waals surface area contributed by atoms with Crippen LogP contribution in [0.5, 0.6) is 0 Å². The highest BCUT2D eigenvalue weighted by Crippen LogP contribution is 2.33. The summed E-state index contributed by atoms with van der Waals surface area (Å²) in [6.45, 7) is 2.02. The molecule has 0 aliphatic carbocycles. The molecular weight excluding hydrogens is 308 g/mol. The predicted octanol–water partition coefficient (Wildman–Crippen LogP) is 4.55. The largest absolute Gasteiger partial charge is 0.268 e. The molecule has 0 fully saturated rings. The molecule has 0 aliphatic rings. The molecule has 4 heteroatoms. The summed E-state index contributed by atoms with van der Waals surface area (Å²) >= 11 is 6.32. The van der Waals surface area contributed by atoms with Crippen LogP contribution in [0, 0.1) is 6.92 Å². The van der Waals surface area contributed by atoms with E-state index < -0.39 is 0 Å². The van der Waals surface area contributed by atoms with Gasteiger partial charge in [-0.05, 0) is 36.8 Å². The Morgan fingerprint density at radius 1 is 1.00 bits per heavy atom. The van der Waals surface area contributed by atoms with E-state index in [0.717, 1.165) is 32.8 Å². The van der Waals surface area contributed by atoms with Crippen molar-refractivity contribution in [2.75, 3.05) is 0 Å². The van der Waals surface area contributed by atoms with Gasteiger partial charge in [0.2, 0.25) is 0 Å². The molecule has 3 aromatic carbocycles. The van der Waals surface area contributed by atoms with Gasteiger partial charge in [0.25, 0.3) is 5.56 Å². The Hall–Kier alpha value is -2.65. The second-order valence-corrected chi connectivity index (χ2v) is 6.30. The fourth-order valence-corrected chi connectivity index (χ4v) is 3.65. The summed E-state index contributed by atoms with van der Waals surface area (Å²) in [5.41, 5.74) is 3.43. The van der Waals surface area contributed by atoms with Gasteiger partial charge in [0.1, 0.15) is 5.65 Å². The summed E-state index contributed by atoms with van der Waals surface area (Å²) in [5.74, 6) is 0. The van der Waals surface area contributed by atoms with Crippen LogP contribution in [0.3, 0.4) is 0 Å². The van der Waals surface area contributed by atoms with Crippen LogP contribution >= 0.6 is 11.6 Å². The molecule has 2 heterocycles. The Labute approximate surface area is 136 Å². The highest BCUT2D eigenvalue weighted by Gasteiger charge is 2.16. The van der Waals surface area contributed by atoms with Crippen LogP contribution in [0.1, 0.15) is 5.56 Å². The normalized spacial score (nSPS) is 12.1. The van der Waals surface area contributed by atoms with Crippen LogP contribution in [0.15, 0.2) is 53.3 Å². The third-order valence-corrected chi connectivity index (χ3v) is 4.80. The lowest BCUT2D eigenvalue weighted by Gasteiger charge is -2.08. The molecule has 0 unspecified atom stereocenters. The molecule has 5 aromatic rings. The lowest BCUT2D eigenvalue weighted by atomic mass is 10.0. The number of nitrogens with zero attached hydrogens (tertiary/aromatic N) is 2. The fourth-order valence-electron chi connectivity index (χ4n) is 3.43. The fraction of sp³-hybridized carbons (Fsp3) is 0.0526. The van der Waals surface area contributed by atoms with Crippen LogP contribution < -0.4 is 5.56 Å². The molecule has 3 nitrogen and oxygen atoms in total. The van der Waals surface area contributed by atoms with E-state index in [1.165, 1.54) is 0 Å². The SMILES string of the molecule is Cc1ccc2nc3c4cccc5c(Cl)ccc(c(=O)n3c2c1)c54. The molecule has 0 N–H and O–H groups in total. The second-order valence-electron chi connectivity index (χ2n) is 5.89. The van der Waals surface area contributed by atoms with E-state index in [9.17, 15) is 4.79 Å². The van der Waals surface area contributed by atoms with E-state index in [4.69, 9.17) is 16.6 Å². The molecule has 0 atom stereocenters. The van der Waals surface area contributed by atoms with E-state index in [1.807, 2.05) is 43.3 Å². The molecule has 0 amide bonds. The Bertz CT molecular complexity index is 1300. The Kier molecular flexibility index (Phi) is 2.35. The minimum atomic E-state index is -0.0477. The Morgan fingerprint density at radius 3 is 2.70 bits per heavy atom. The van der Waals surface area contributed by atoms with Crippen molar-refractivity contribution in [1.82, 2.24) is 9.38 Å². The quantitative estimate of drug-likeness (QED) is 0.419. The van der Waals surface area contributed by atoms with Crippen LogP contribution in [0.25, 0.3) is 38.2 Å². The van der Waals surface area contributed by atoms with Gasteiger partial charge in [0.15, 0.2) is 0 Å². The molecule has 0 saturated carbocycles. The highest BCUT2D eigenvalue weighted by atomic mass is 35.5. The van der Waals surface area contributed by atoms with Crippen molar-refractivity contribution in [3.05, 3.63) is 69.5 Å². The Morgan fingerprint density at radius 2 is 1.83 bits per heavy atom. The standard InChI is InChI=1S/C19H11ClN2O/c1-10-5-8-15-16(9-10)22-18(21-15)12-4-2-3-11-14(20)7-6-13(17(11)12)19(22)23/h2-9H,1H3. The summed E-state index contributed by atoms with van der Waals surface area (Å²) < 4.78 is 1.72. The first kappa shape index (κ1) is 12.9. The lowest BCUT2D eigenvalue weighted by molar-refractivity contribution is 1.19. The monoisotopic (exact) mass is 318 g/mol. The smallest absolute Gasteiger partial charge is 0.264 e. The van der Waals surface area contributed by atoms with Crippen molar-refractivity contribution in [1.29, 1.82) is 0 Å². The predicted molar refractivity (Wildman–Crippen MR) is 94.9 cm³/mol. The van der Waals surface area contributed by atoms with Crippen molar-refractivity contribution in [2.24, 2.45) is 0 Å². The maximum absolute atomic E-state index is 13.1. The van der Waals surface area contributed by atoms with Gasteiger partial charge >= 0.3 is 0 Å². The summed E-state index contributed by atoms with van der Waals surface area (Å²) in [4.78, 5) is 17.8. The van der Waals surface area contributed by atoms with Gasteiger partial charge in [0.05, 0.1) is 11.0 Å². The van der Waals surface area contributed by atoms with Gasteiger partial charge < -0.3 is 0 Å². The van der Waals surface area contributed by atoms with Crippen LogP contribution in [-0.4, -0.2) is 9.38 Å². The van der Waals surface area contributed by atoms with Gasteiger partial charge in [-0.2, -0.15) is 0 Å². The number of halogens is 1. The number of rotatable bonds is 0. The average molecular weight is 319 g/mol. The number of hydrogen-bond donors (Lipinski definition) is 0. The second kappa shape index (κ2) is 4.21. The maximum atomic E-state index is 13.1. The third-order valence-electron chi connectivity index (χ3n) is 4.47. The van der Waals surface area contributed by atoms with Crippen molar-refractivity contribution in [3.8, 4) is 0 Å². The van der Waals surface area contributed by atoms with Gasteiger partial charge in [-0.3, -0.25) is 9.20 Å². The number of imidazole rings is 1. The molecule has 2 aromatic heterocycles. The van der Waals surface area contributed by atoms with Crippen molar-refractivity contribution < 1.29 is 0 Å². The molecule has 0 spiro atoms. The summed E-state index contributed by atoms with van der Waals surface area (Å²) in [6.07, 6.45) is 0. The molecule has 23 heavy (non-hydrogen) atoms. The molecule has 0 radical (unpaired) electrons. The number of aryl methyl sites for hydroxylation is 1. The number of benzene rings is 3. The number of hydrogen-bond acceptors (Lipinski definition) is 2. The first-order chi connectivity index (χ1) is 11.1. The van der Waals surface area contributed by atoms with E-state index in [-0.39, 0.29) is 5.56 Å². The first-order valence-corrected chi connectivity index (χ1v) is 7.78. The zero-order valence-corrected chi connectivity index (χ0v) is 13.1. The molecule has 0 bridgehead atoms. The third kappa shape index (κ3) is 1.55. The van der Waals surface area contributed by atoms with Crippen molar-refractivity contribution in [2.45, 2.75) is 6.92 Å². The summed E-state index contributed by atoms with van der Waals surface area (Å²) in [5, 5.41) is 4.06. The molecular formula is C19H11ClN2O. The van der Waals surface area contributed by atoms with E-state index in [0.29, 0.717) is 16.1 Å². The van der Waals surface area contributed by atoms with Gasteiger partial charge in [-0.25, -0.2) is 4.98 Å². The minimum absolute atomic E-state index is 0.0477. The zero-order valence-electron chi connectivity index (χ0n) is 12.3. The van der Waals surface area contributed by atoms with Crippen molar-refractivity contribution >= 4 is 49.8 Å². The lowest BCUT2D eigenvalue weighted by Crippen LogP contribution is -2.13. The Balaban J connectivity index is 2.22. The molecule has 5 rings (SSSR count). The topological polar surface area (TPSA) is 34.4 Å². The molecule has 0 saturated heterocycles.